The van der Waals surface area contributed by atoms with Crippen LogP contribution in [0.1, 0.15) is 32.8 Å². The summed E-state index contributed by atoms with van der Waals surface area (Å²) in [5.74, 6) is 1.36. The standard InChI is InChI=1S/C22H29NO5S/c1-16(19-15-20(24)22(2,3)28-19)10-13-27-18-7-5-17(6-8-18)9-12-23-21(25)11-14-29(4)26/h5-8,11,14-16H,9-10,12-13H2,1-4H3,(H,23,25)/b14-11+/t16-,29+/m0/s1. The molecule has 1 aromatic carbocycles. The van der Waals surface area contributed by atoms with Gasteiger partial charge in [-0.15, -0.1) is 0 Å². The zero-order valence-electron chi connectivity index (χ0n) is 17.4. The van der Waals surface area contributed by atoms with E-state index in [1.807, 2.05) is 31.2 Å². The van der Waals surface area contributed by atoms with E-state index < -0.39 is 16.4 Å². The molecule has 1 aliphatic heterocycles. The molecule has 1 aliphatic rings. The van der Waals surface area contributed by atoms with Gasteiger partial charge in [-0.2, -0.15) is 0 Å². The lowest BCUT2D eigenvalue weighted by atomic mass is 10.0. The van der Waals surface area contributed by atoms with Crippen LogP contribution in [0.4, 0.5) is 0 Å². The molecular formula is C22H29NO5S. The van der Waals surface area contributed by atoms with E-state index in [4.69, 9.17) is 9.47 Å². The van der Waals surface area contributed by atoms with Crippen LogP contribution < -0.4 is 10.1 Å². The first kappa shape index (κ1) is 22.9. The molecule has 0 aromatic heterocycles. The number of ketones is 1. The van der Waals surface area contributed by atoms with Crippen LogP contribution in [-0.4, -0.2) is 40.9 Å². The Balaban J connectivity index is 1.70. The first-order valence-electron chi connectivity index (χ1n) is 9.62. The average Bonchev–Trinajstić information content (AvgIpc) is 2.94. The minimum Gasteiger partial charge on any atom is -0.494 e. The van der Waals surface area contributed by atoms with Crippen LogP contribution in [0.25, 0.3) is 0 Å². The van der Waals surface area contributed by atoms with Crippen molar-refractivity contribution >= 4 is 22.5 Å². The summed E-state index contributed by atoms with van der Waals surface area (Å²) in [4.78, 5) is 23.4. The molecule has 1 N–H and O–H groups in total. The largest absolute Gasteiger partial charge is 0.494 e. The Morgan fingerprint density at radius 2 is 2.00 bits per heavy atom. The van der Waals surface area contributed by atoms with Crippen LogP contribution in [-0.2, 0) is 31.5 Å². The predicted molar refractivity (Wildman–Crippen MR) is 114 cm³/mol. The summed E-state index contributed by atoms with van der Waals surface area (Å²) in [6.45, 7) is 6.60. The fourth-order valence-corrected chi connectivity index (χ4v) is 3.03. The first-order valence-corrected chi connectivity index (χ1v) is 11.2. The van der Waals surface area contributed by atoms with Gasteiger partial charge in [0.1, 0.15) is 11.5 Å². The summed E-state index contributed by atoms with van der Waals surface area (Å²) in [6.07, 6.45) is 5.84. The van der Waals surface area contributed by atoms with E-state index in [0.29, 0.717) is 19.6 Å². The number of allylic oxidation sites excluding steroid dienone is 1. The van der Waals surface area contributed by atoms with E-state index in [1.165, 1.54) is 17.7 Å². The molecule has 0 unspecified atom stereocenters. The van der Waals surface area contributed by atoms with Gasteiger partial charge < -0.3 is 14.8 Å². The summed E-state index contributed by atoms with van der Waals surface area (Å²) in [5.41, 5.74) is 0.324. The molecule has 0 fully saturated rings. The number of carbonyl (C=O) groups is 2. The third-order valence-electron chi connectivity index (χ3n) is 4.59. The fourth-order valence-electron chi connectivity index (χ4n) is 2.71. The highest BCUT2D eigenvalue weighted by atomic mass is 32.2. The summed E-state index contributed by atoms with van der Waals surface area (Å²) in [7, 11) is -1.12. The van der Waals surface area contributed by atoms with E-state index in [0.717, 1.165) is 23.5 Å². The quantitative estimate of drug-likeness (QED) is 0.590. The lowest BCUT2D eigenvalue weighted by Gasteiger charge is -2.21. The minimum absolute atomic E-state index is 0.00315. The van der Waals surface area contributed by atoms with Gasteiger partial charge in [-0.1, -0.05) is 19.1 Å². The second-order valence-corrected chi connectivity index (χ2v) is 8.82. The summed E-state index contributed by atoms with van der Waals surface area (Å²) in [5, 5.41) is 4.11. The van der Waals surface area contributed by atoms with Gasteiger partial charge in [0.25, 0.3) is 0 Å². The Morgan fingerprint density at radius 1 is 1.31 bits per heavy atom. The fraction of sp³-hybridized carbons (Fsp3) is 0.455. The zero-order valence-corrected chi connectivity index (χ0v) is 18.2. The number of rotatable bonds is 10. The molecular weight excluding hydrogens is 390 g/mol. The SMILES string of the molecule is C[C@@H](CCOc1ccc(CCNC(=O)/C=C/[S@@](C)=O)cc1)C1=CC(=O)C(C)(C)O1. The van der Waals surface area contributed by atoms with E-state index in [1.54, 1.807) is 19.9 Å². The molecule has 6 nitrogen and oxygen atoms in total. The van der Waals surface area contributed by atoms with Crippen molar-refractivity contribution in [2.45, 2.75) is 39.2 Å². The molecule has 1 amide bonds. The number of ether oxygens (including phenoxy) is 2. The number of hydrogen-bond acceptors (Lipinski definition) is 5. The van der Waals surface area contributed by atoms with Gasteiger partial charge in [-0.05, 0) is 44.4 Å². The van der Waals surface area contributed by atoms with Crippen molar-refractivity contribution in [3.8, 4) is 5.75 Å². The van der Waals surface area contributed by atoms with E-state index >= 15 is 0 Å². The highest BCUT2D eigenvalue weighted by molar-refractivity contribution is 7.87. The first-order chi connectivity index (χ1) is 13.7. The van der Waals surface area contributed by atoms with Gasteiger partial charge in [-0.25, -0.2) is 0 Å². The van der Waals surface area contributed by atoms with Crippen molar-refractivity contribution in [2.24, 2.45) is 5.92 Å². The van der Waals surface area contributed by atoms with Gasteiger partial charge >= 0.3 is 0 Å². The van der Waals surface area contributed by atoms with Gasteiger partial charge in [0.05, 0.1) is 6.61 Å². The Labute approximate surface area is 174 Å². The summed E-state index contributed by atoms with van der Waals surface area (Å²) in [6, 6.07) is 7.73. The number of hydrogen-bond donors (Lipinski definition) is 1. The van der Waals surface area contributed by atoms with Crippen LogP contribution in [0.2, 0.25) is 0 Å². The molecule has 1 aromatic rings. The van der Waals surface area contributed by atoms with Gasteiger partial charge in [-0.3, -0.25) is 13.8 Å². The molecule has 2 atom stereocenters. The molecule has 2 rings (SSSR count). The summed E-state index contributed by atoms with van der Waals surface area (Å²) >= 11 is 0. The van der Waals surface area contributed by atoms with Crippen LogP contribution in [0.5, 0.6) is 5.75 Å². The van der Waals surface area contributed by atoms with E-state index in [-0.39, 0.29) is 17.6 Å². The smallest absolute Gasteiger partial charge is 0.244 e. The number of carbonyl (C=O) groups excluding carboxylic acids is 2. The Hall–Kier alpha value is -2.41. The molecule has 0 bridgehead atoms. The molecule has 0 saturated heterocycles. The number of benzene rings is 1. The maximum Gasteiger partial charge on any atom is 0.244 e. The van der Waals surface area contributed by atoms with E-state index in [2.05, 4.69) is 5.32 Å². The lowest BCUT2D eigenvalue weighted by Crippen LogP contribution is -2.28. The molecule has 0 radical (unpaired) electrons. The predicted octanol–water partition coefficient (Wildman–Crippen LogP) is 2.90. The maximum atomic E-state index is 11.8. The third kappa shape index (κ3) is 7.49. The monoisotopic (exact) mass is 419 g/mol. The van der Waals surface area contributed by atoms with Crippen molar-refractivity contribution in [1.82, 2.24) is 5.32 Å². The highest BCUT2D eigenvalue weighted by Crippen LogP contribution is 2.30. The maximum absolute atomic E-state index is 11.8. The Kier molecular flexibility index (Phi) is 8.20. The van der Waals surface area contributed by atoms with Crippen LogP contribution in [0.15, 0.2) is 47.6 Å². The van der Waals surface area contributed by atoms with Crippen molar-refractivity contribution in [3.05, 3.63) is 53.1 Å². The second-order valence-electron chi connectivity index (χ2n) is 7.55. The molecule has 29 heavy (non-hydrogen) atoms. The number of nitrogens with one attached hydrogen (secondary N) is 1. The lowest BCUT2D eigenvalue weighted by molar-refractivity contribution is -0.127. The summed E-state index contributed by atoms with van der Waals surface area (Å²) < 4.78 is 22.4. The topological polar surface area (TPSA) is 81.7 Å². The third-order valence-corrected chi connectivity index (χ3v) is 5.11. The Bertz CT molecular complexity index is 811. The minimum atomic E-state index is -1.12. The molecule has 7 heteroatoms. The second kappa shape index (κ2) is 10.4. The average molecular weight is 420 g/mol. The van der Waals surface area contributed by atoms with Crippen LogP contribution in [0, 0.1) is 5.92 Å². The van der Waals surface area contributed by atoms with Gasteiger partial charge in [0.2, 0.25) is 11.7 Å². The van der Waals surface area contributed by atoms with Crippen LogP contribution >= 0.6 is 0 Å². The van der Waals surface area contributed by atoms with Crippen molar-refractivity contribution in [1.29, 1.82) is 0 Å². The normalized spacial score (nSPS) is 17.5. The molecule has 1 heterocycles. The zero-order chi connectivity index (χ0) is 21.4. The number of amides is 1. The van der Waals surface area contributed by atoms with Crippen molar-refractivity contribution in [3.63, 3.8) is 0 Å². The molecule has 0 saturated carbocycles. The Morgan fingerprint density at radius 3 is 2.59 bits per heavy atom. The molecule has 158 valence electrons. The van der Waals surface area contributed by atoms with Crippen LogP contribution in [0.3, 0.4) is 0 Å². The van der Waals surface area contributed by atoms with Crippen molar-refractivity contribution < 1.29 is 23.3 Å². The molecule has 0 aliphatic carbocycles. The highest BCUT2D eigenvalue weighted by Gasteiger charge is 2.36. The van der Waals surface area contributed by atoms with Gasteiger partial charge in [0, 0.05) is 47.1 Å². The van der Waals surface area contributed by atoms with Crippen molar-refractivity contribution in [2.75, 3.05) is 19.4 Å². The molecule has 0 spiro atoms. The van der Waals surface area contributed by atoms with E-state index in [9.17, 15) is 13.8 Å². The van der Waals surface area contributed by atoms with Gasteiger partial charge in [0.15, 0.2) is 5.60 Å².